The van der Waals surface area contributed by atoms with Gasteiger partial charge in [-0.1, -0.05) is 18.1 Å². The smallest absolute Gasteiger partial charge is 0.234 e. The third-order valence-electron chi connectivity index (χ3n) is 2.70. The van der Waals surface area contributed by atoms with E-state index in [1.54, 1.807) is 18.5 Å². The molecule has 2 aromatic heterocycles. The maximum absolute atomic E-state index is 11.8. The highest BCUT2D eigenvalue weighted by Gasteiger charge is 2.13. The Labute approximate surface area is 105 Å². The predicted molar refractivity (Wildman–Crippen MR) is 67.2 cm³/mol. The molecule has 0 bridgehead atoms. The fourth-order valence-corrected chi connectivity index (χ4v) is 1.67. The maximum Gasteiger partial charge on any atom is 0.234 e. The molecule has 5 heteroatoms. The molecule has 2 heterocycles. The summed E-state index contributed by atoms with van der Waals surface area (Å²) < 4.78 is 5.10. The minimum atomic E-state index is -0.134. The van der Waals surface area contributed by atoms with E-state index in [1.165, 1.54) is 0 Å². The van der Waals surface area contributed by atoms with Crippen molar-refractivity contribution in [1.82, 2.24) is 10.1 Å². The Morgan fingerprint density at radius 3 is 2.94 bits per heavy atom. The number of carbonyl (C=O) groups is 1. The predicted octanol–water partition coefficient (Wildman–Crippen LogP) is 2.12. The van der Waals surface area contributed by atoms with Crippen molar-refractivity contribution in [2.24, 2.45) is 0 Å². The van der Waals surface area contributed by atoms with Crippen molar-refractivity contribution < 1.29 is 9.32 Å². The van der Waals surface area contributed by atoms with E-state index in [9.17, 15) is 4.79 Å². The molecule has 0 unspecified atom stereocenters. The van der Waals surface area contributed by atoms with E-state index >= 15 is 0 Å². The molecule has 2 rings (SSSR count). The first kappa shape index (κ1) is 12.3. The van der Waals surface area contributed by atoms with E-state index in [0.717, 1.165) is 23.2 Å². The fourth-order valence-electron chi connectivity index (χ4n) is 1.67. The highest BCUT2D eigenvalue weighted by Crippen LogP contribution is 2.18. The Balaban J connectivity index is 2.01. The summed E-state index contributed by atoms with van der Waals surface area (Å²) in [6, 6.07) is 3.66. The lowest BCUT2D eigenvalue weighted by atomic mass is 10.2. The molecule has 0 atom stereocenters. The SMILES string of the molecule is CCc1noc(NC(=O)Cc2cccnc2)c1C. The molecule has 18 heavy (non-hydrogen) atoms. The minimum absolute atomic E-state index is 0.134. The number of aryl methyl sites for hydroxylation is 1. The van der Waals surface area contributed by atoms with Gasteiger partial charge in [0.15, 0.2) is 0 Å². The van der Waals surface area contributed by atoms with Gasteiger partial charge in [0.1, 0.15) is 0 Å². The number of carbonyl (C=O) groups excluding carboxylic acids is 1. The number of pyridine rings is 1. The van der Waals surface area contributed by atoms with Crippen molar-refractivity contribution in [1.29, 1.82) is 0 Å². The molecule has 0 radical (unpaired) electrons. The van der Waals surface area contributed by atoms with Crippen LogP contribution in [0.1, 0.15) is 23.7 Å². The molecule has 0 saturated heterocycles. The molecule has 2 aromatic rings. The zero-order chi connectivity index (χ0) is 13.0. The lowest BCUT2D eigenvalue weighted by molar-refractivity contribution is -0.115. The summed E-state index contributed by atoms with van der Waals surface area (Å²) in [4.78, 5) is 15.8. The molecule has 0 spiro atoms. The highest BCUT2D eigenvalue weighted by atomic mass is 16.5. The van der Waals surface area contributed by atoms with Crippen LogP contribution in [-0.2, 0) is 17.6 Å². The van der Waals surface area contributed by atoms with Crippen molar-refractivity contribution in [2.75, 3.05) is 5.32 Å². The first-order chi connectivity index (χ1) is 8.70. The average Bonchev–Trinajstić information content (AvgIpc) is 2.71. The Hall–Kier alpha value is -2.17. The summed E-state index contributed by atoms with van der Waals surface area (Å²) in [5.74, 6) is 0.297. The van der Waals surface area contributed by atoms with Gasteiger partial charge < -0.3 is 4.52 Å². The van der Waals surface area contributed by atoms with E-state index in [-0.39, 0.29) is 12.3 Å². The summed E-state index contributed by atoms with van der Waals surface area (Å²) in [5.41, 5.74) is 2.62. The molecule has 0 aliphatic heterocycles. The zero-order valence-corrected chi connectivity index (χ0v) is 10.4. The second-order valence-corrected chi connectivity index (χ2v) is 4.02. The van der Waals surface area contributed by atoms with Gasteiger partial charge >= 0.3 is 0 Å². The van der Waals surface area contributed by atoms with Crippen molar-refractivity contribution in [3.05, 3.63) is 41.3 Å². The minimum Gasteiger partial charge on any atom is -0.338 e. The molecule has 0 fully saturated rings. The number of aromatic nitrogens is 2. The number of nitrogens with zero attached hydrogens (tertiary/aromatic N) is 2. The van der Waals surface area contributed by atoms with Crippen LogP contribution < -0.4 is 5.32 Å². The molecule has 0 aliphatic carbocycles. The Bertz CT molecular complexity index is 534. The lowest BCUT2D eigenvalue weighted by Gasteiger charge is -2.02. The topological polar surface area (TPSA) is 68.0 Å². The van der Waals surface area contributed by atoms with E-state index in [0.29, 0.717) is 5.88 Å². The van der Waals surface area contributed by atoms with Crippen LogP contribution in [0.15, 0.2) is 29.0 Å². The molecular formula is C13H15N3O2. The number of hydrogen-bond donors (Lipinski definition) is 1. The third-order valence-corrected chi connectivity index (χ3v) is 2.70. The van der Waals surface area contributed by atoms with Crippen molar-refractivity contribution in [3.63, 3.8) is 0 Å². The summed E-state index contributed by atoms with van der Waals surface area (Å²) in [5, 5.41) is 6.61. The van der Waals surface area contributed by atoms with E-state index in [4.69, 9.17) is 4.52 Å². The lowest BCUT2D eigenvalue weighted by Crippen LogP contribution is -2.14. The van der Waals surface area contributed by atoms with Crippen LogP contribution in [0.5, 0.6) is 0 Å². The molecular weight excluding hydrogens is 230 g/mol. The summed E-state index contributed by atoms with van der Waals surface area (Å²) in [7, 11) is 0. The number of nitrogens with one attached hydrogen (secondary N) is 1. The van der Waals surface area contributed by atoms with E-state index < -0.39 is 0 Å². The van der Waals surface area contributed by atoms with Crippen LogP contribution in [0.2, 0.25) is 0 Å². The van der Waals surface area contributed by atoms with Gasteiger partial charge in [0, 0.05) is 18.0 Å². The largest absolute Gasteiger partial charge is 0.338 e. The second kappa shape index (κ2) is 5.44. The summed E-state index contributed by atoms with van der Waals surface area (Å²) in [6.45, 7) is 3.88. The number of amides is 1. The Morgan fingerprint density at radius 1 is 1.50 bits per heavy atom. The standard InChI is InChI=1S/C13H15N3O2/c1-3-11-9(2)13(18-16-11)15-12(17)7-10-5-4-6-14-8-10/h4-6,8H,3,7H2,1-2H3,(H,15,17). The van der Waals surface area contributed by atoms with Crippen LogP contribution in [0.4, 0.5) is 5.88 Å². The van der Waals surface area contributed by atoms with Gasteiger partial charge in [0.05, 0.1) is 12.1 Å². The maximum atomic E-state index is 11.8. The normalized spacial score (nSPS) is 10.3. The fraction of sp³-hybridized carbons (Fsp3) is 0.308. The van der Waals surface area contributed by atoms with Gasteiger partial charge in [-0.25, -0.2) is 0 Å². The van der Waals surface area contributed by atoms with Gasteiger partial charge in [0.2, 0.25) is 11.8 Å². The molecule has 5 nitrogen and oxygen atoms in total. The average molecular weight is 245 g/mol. The second-order valence-electron chi connectivity index (χ2n) is 4.02. The first-order valence-corrected chi connectivity index (χ1v) is 5.84. The number of anilines is 1. The van der Waals surface area contributed by atoms with Crippen molar-refractivity contribution in [2.45, 2.75) is 26.7 Å². The Morgan fingerprint density at radius 2 is 2.33 bits per heavy atom. The van der Waals surface area contributed by atoms with Crippen LogP contribution in [-0.4, -0.2) is 16.0 Å². The molecule has 0 aromatic carbocycles. The third kappa shape index (κ3) is 2.74. The van der Waals surface area contributed by atoms with Crippen LogP contribution >= 0.6 is 0 Å². The van der Waals surface area contributed by atoms with Gasteiger partial charge in [-0.3, -0.25) is 15.1 Å². The monoisotopic (exact) mass is 245 g/mol. The Kier molecular flexibility index (Phi) is 3.72. The highest BCUT2D eigenvalue weighted by molar-refractivity contribution is 5.91. The molecule has 1 amide bonds. The van der Waals surface area contributed by atoms with Gasteiger partial charge in [-0.15, -0.1) is 0 Å². The van der Waals surface area contributed by atoms with Gasteiger partial charge in [-0.05, 0) is 25.0 Å². The molecule has 0 saturated carbocycles. The van der Waals surface area contributed by atoms with Crippen LogP contribution in [0.3, 0.4) is 0 Å². The molecule has 0 aliphatic rings. The first-order valence-electron chi connectivity index (χ1n) is 5.84. The molecule has 94 valence electrons. The van der Waals surface area contributed by atoms with E-state index in [2.05, 4.69) is 15.5 Å². The summed E-state index contributed by atoms with van der Waals surface area (Å²) in [6.07, 6.45) is 4.41. The zero-order valence-electron chi connectivity index (χ0n) is 10.4. The molecule has 1 N–H and O–H groups in total. The van der Waals surface area contributed by atoms with Gasteiger partial charge in [0.25, 0.3) is 0 Å². The number of hydrogen-bond acceptors (Lipinski definition) is 4. The number of rotatable bonds is 4. The van der Waals surface area contributed by atoms with Crippen molar-refractivity contribution >= 4 is 11.8 Å². The van der Waals surface area contributed by atoms with E-state index in [1.807, 2.05) is 19.9 Å². The van der Waals surface area contributed by atoms with Gasteiger partial charge in [-0.2, -0.15) is 0 Å². The quantitative estimate of drug-likeness (QED) is 0.895. The van der Waals surface area contributed by atoms with Crippen LogP contribution in [0, 0.1) is 6.92 Å². The summed E-state index contributed by atoms with van der Waals surface area (Å²) >= 11 is 0. The van der Waals surface area contributed by atoms with Crippen molar-refractivity contribution in [3.8, 4) is 0 Å². The van der Waals surface area contributed by atoms with Crippen LogP contribution in [0.25, 0.3) is 0 Å².